The van der Waals surface area contributed by atoms with E-state index in [9.17, 15) is 4.79 Å². The molecular weight excluding hydrogens is 380 g/mol. The van der Waals surface area contributed by atoms with Crippen LogP contribution in [0.4, 0.5) is 0 Å². The average Bonchev–Trinajstić information content (AvgIpc) is 3.43. The Morgan fingerprint density at radius 1 is 0.857 bits per heavy atom. The molecule has 0 aliphatic carbocycles. The molecule has 0 saturated heterocycles. The number of fused-ring (bicyclic) bond motifs is 2. The van der Waals surface area contributed by atoms with Gasteiger partial charge in [0.2, 0.25) is 13.6 Å². The predicted molar refractivity (Wildman–Crippen MR) is 104 cm³/mol. The van der Waals surface area contributed by atoms with E-state index in [1.54, 1.807) is 6.08 Å². The van der Waals surface area contributed by atoms with Crippen LogP contribution >= 0.6 is 11.3 Å². The standard InChI is InChI=1S/C21H14O6S/c22-20(23)6-3-14-9-15(12-1-4-16-18(7-12)26-10-24-16)21(28-14)13-2-5-17-19(8-13)27-11-25-17/h1-9H,10-11H2,(H,22,23)/b6-3+. The molecule has 0 fully saturated rings. The number of aliphatic carboxylic acids is 1. The molecule has 3 heterocycles. The SMILES string of the molecule is O=C(O)/C=C/c1cc(-c2ccc3c(c2)OCO3)c(-c2ccc3c(c2)OCO3)s1. The van der Waals surface area contributed by atoms with Crippen molar-refractivity contribution in [3.05, 3.63) is 53.4 Å². The molecule has 0 radical (unpaired) electrons. The quantitative estimate of drug-likeness (QED) is 0.650. The van der Waals surface area contributed by atoms with Crippen molar-refractivity contribution in [1.82, 2.24) is 0 Å². The van der Waals surface area contributed by atoms with Crippen LogP contribution in [0.1, 0.15) is 4.88 Å². The van der Waals surface area contributed by atoms with E-state index in [4.69, 9.17) is 24.1 Å². The Kier molecular flexibility index (Phi) is 3.95. The molecule has 7 heteroatoms. The first-order valence-corrected chi connectivity index (χ1v) is 9.34. The molecule has 6 nitrogen and oxygen atoms in total. The monoisotopic (exact) mass is 394 g/mol. The van der Waals surface area contributed by atoms with Crippen LogP contribution in [-0.2, 0) is 4.79 Å². The maximum absolute atomic E-state index is 10.9. The lowest BCUT2D eigenvalue weighted by Gasteiger charge is -2.06. The summed E-state index contributed by atoms with van der Waals surface area (Å²) in [5, 5.41) is 8.95. The van der Waals surface area contributed by atoms with Gasteiger partial charge < -0.3 is 24.1 Å². The van der Waals surface area contributed by atoms with Gasteiger partial charge in [-0.3, -0.25) is 0 Å². The summed E-state index contributed by atoms with van der Waals surface area (Å²) in [5.74, 6) is 1.85. The minimum absolute atomic E-state index is 0.212. The first-order chi connectivity index (χ1) is 13.7. The molecule has 0 unspecified atom stereocenters. The van der Waals surface area contributed by atoms with Gasteiger partial charge in [0.1, 0.15) is 0 Å². The van der Waals surface area contributed by atoms with E-state index in [1.165, 1.54) is 11.3 Å². The van der Waals surface area contributed by atoms with E-state index in [-0.39, 0.29) is 13.6 Å². The van der Waals surface area contributed by atoms with Gasteiger partial charge in [-0.25, -0.2) is 4.79 Å². The highest BCUT2D eigenvalue weighted by atomic mass is 32.1. The fourth-order valence-electron chi connectivity index (χ4n) is 3.18. The van der Waals surface area contributed by atoms with Gasteiger partial charge >= 0.3 is 5.97 Å². The minimum atomic E-state index is -0.984. The lowest BCUT2D eigenvalue weighted by atomic mass is 10.0. The number of carbonyl (C=O) groups is 1. The van der Waals surface area contributed by atoms with Crippen LogP contribution in [0.5, 0.6) is 23.0 Å². The van der Waals surface area contributed by atoms with Crippen LogP contribution in [0.15, 0.2) is 48.5 Å². The van der Waals surface area contributed by atoms with E-state index in [0.717, 1.165) is 44.0 Å². The van der Waals surface area contributed by atoms with E-state index in [2.05, 4.69) is 0 Å². The molecule has 1 N–H and O–H groups in total. The molecule has 1 aromatic heterocycles. The second-order valence-electron chi connectivity index (χ2n) is 6.20. The van der Waals surface area contributed by atoms with Gasteiger partial charge in [0.25, 0.3) is 0 Å². The zero-order chi connectivity index (χ0) is 19.1. The fraction of sp³-hybridized carbons (Fsp3) is 0.0952. The molecule has 140 valence electrons. The van der Waals surface area contributed by atoms with Crippen LogP contribution in [-0.4, -0.2) is 24.7 Å². The van der Waals surface area contributed by atoms with Gasteiger partial charge in [-0.05, 0) is 53.6 Å². The van der Waals surface area contributed by atoms with Crippen molar-refractivity contribution in [3.8, 4) is 44.6 Å². The number of benzene rings is 2. The smallest absolute Gasteiger partial charge is 0.328 e. The third kappa shape index (κ3) is 2.95. The Bertz CT molecular complexity index is 1040. The molecule has 5 rings (SSSR count). The minimum Gasteiger partial charge on any atom is -0.478 e. The first kappa shape index (κ1) is 16.7. The predicted octanol–water partition coefficient (Wildman–Crippen LogP) is 4.64. The van der Waals surface area contributed by atoms with Gasteiger partial charge in [-0.1, -0.05) is 6.07 Å². The summed E-state index contributed by atoms with van der Waals surface area (Å²) in [7, 11) is 0. The van der Waals surface area contributed by atoms with E-state index < -0.39 is 5.97 Å². The molecule has 28 heavy (non-hydrogen) atoms. The molecule has 0 amide bonds. The average molecular weight is 394 g/mol. The molecule has 0 saturated carbocycles. The van der Waals surface area contributed by atoms with Crippen molar-refractivity contribution in [2.45, 2.75) is 0 Å². The number of hydrogen-bond donors (Lipinski definition) is 1. The van der Waals surface area contributed by atoms with Crippen LogP contribution in [0.25, 0.3) is 27.6 Å². The fourth-order valence-corrected chi connectivity index (χ4v) is 4.26. The van der Waals surface area contributed by atoms with Crippen molar-refractivity contribution < 1.29 is 28.8 Å². The van der Waals surface area contributed by atoms with E-state index >= 15 is 0 Å². The highest BCUT2D eigenvalue weighted by Gasteiger charge is 2.20. The summed E-state index contributed by atoms with van der Waals surface area (Å²) in [6, 6.07) is 13.6. The molecule has 0 spiro atoms. The lowest BCUT2D eigenvalue weighted by molar-refractivity contribution is -0.131. The van der Waals surface area contributed by atoms with Crippen molar-refractivity contribution in [2.24, 2.45) is 0 Å². The molecule has 0 bridgehead atoms. The Morgan fingerprint density at radius 3 is 2.14 bits per heavy atom. The summed E-state index contributed by atoms with van der Waals surface area (Å²) < 4.78 is 21.8. The van der Waals surface area contributed by atoms with Gasteiger partial charge in [0.15, 0.2) is 23.0 Å². The second-order valence-corrected chi connectivity index (χ2v) is 7.28. The lowest BCUT2D eigenvalue weighted by Crippen LogP contribution is -1.92. The maximum atomic E-state index is 10.9. The summed E-state index contributed by atoms with van der Waals surface area (Å²) in [6.45, 7) is 0.425. The van der Waals surface area contributed by atoms with Gasteiger partial charge in [0, 0.05) is 21.4 Å². The molecule has 2 aromatic carbocycles. The summed E-state index contributed by atoms with van der Waals surface area (Å²) in [6.07, 6.45) is 2.73. The van der Waals surface area contributed by atoms with Crippen LogP contribution in [0, 0.1) is 0 Å². The molecule has 2 aliphatic heterocycles. The Labute approximate surface area is 164 Å². The summed E-state index contributed by atoms with van der Waals surface area (Å²) in [4.78, 5) is 12.8. The number of carboxylic acid groups (broad SMARTS) is 1. The van der Waals surface area contributed by atoms with Crippen molar-refractivity contribution in [1.29, 1.82) is 0 Å². The Balaban J connectivity index is 1.63. The topological polar surface area (TPSA) is 74.2 Å². The maximum Gasteiger partial charge on any atom is 0.328 e. The molecular formula is C21H14O6S. The van der Waals surface area contributed by atoms with E-state index in [1.807, 2.05) is 42.5 Å². The van der Waals surface area contributed by atoms with Crippen LogP contribution in [0.3, 0.4) is 0 Å². The zero-order valence-corrected chi connectivity index (χ0v) is 15.3. The third-order valence-corrected chi connectivity index (χ3v) is 5.61. The number of thiophene rings is 1. The first-order valence-electron chi connectivity index (χ1n) is 8.52. The Hall–Kier alpha value is -3.45. The number of ether oxygens (including phenoxy) is 4. The molecule has 3 aromatic rings. The van der Waals surface area contributed by atoms with Gasteiger partial charge in [0.05, 0.1) is 0 Å². The normalized spacial score (nSPS) is 14.0. The highest BCUT2D eigenvalue weighted by Crippen LogP contribution is 2.45. The van der Waals surface area contributed by atoms with Crippen LogP contribution < -0.4 is 18.9 Å². The Morgan fingerprint density at radius 2 is 1.46 bits per heavy atom. The third-order valence-electron chi connectivity index (χ3n) is 4.46. The largest absolute Gasteiger partial charge is 0.478 e. The van der Waals surface area contributed by atoms with Crippen molar-refractivity contribution >= 4 is 23.4 Å². The summed E-state index contributed by atoms with van der Waals surface area (Å²) >= 11 is 1.51. The number of carboxylic acids is 1. The van der Waals surface area contributed by atoms with Crippen LogP contribution in [0.2, 0.25) is 0 Å². The molecule has 0 atom stereocenters. The van der Waals surface area contributed by atoms with Crippen molar-refractivity contribution in [2.75, 3.05) is 13.6 Å². The number of rotatable bonds is 4. The highest BCUT2D eigenvalue weighted by molar-refractivity contribution is 7.17. The number of hydrogen-bond acceptors (Lipinski definition) is 6. The van der Waals surface area contributed by atoms with Crippen molar-refractivity contribution in [3.63, 3.8) is 0 Å². The van der Waals surface area contributed by atoms with Gasteiger partial charge in [-0.15, -0.1) is 11.3 Å². The summed E-state index contributed by atoms with van der Waals surface area (Å²) in [5.41, 5.74) is 2.91. The van der Waals surface area contributed by atoms with Gasteiger partial charge in [-0.2, -0.15) is 0 Å². The van der Waals surface area contributed by atoms with E-state index in [0.29, 0.717) is 11.5 Å². The molecule has 2 aliphatic rings. The second kappa shape index (κ2) is 6.61. The zero-order valence-electron chi connectivity index (χ0n) is 14.5.